The second-order valence-corrected chi connectivity index (χ2v) is 5.25. The van der Waals surface area contributed by atoms with E-state index in [9.17, 15) is 0 Å². The first-order chi connectivity index (χ1) is 12.2. The number of fused-ring (bicyclic) bond motifs is 1. The lowest BCUT2D eigenvalue weighted by molar-refractivity contribution is 0.311. The average molecular weight is 377 g/mol. The Morgan fingerprint density at radius 3 is 2.58 bits per heavy atom. The highest BCUT2D eigenvalue weighted by atomic mass is 35.5. The summed E-state index contributed by atoms with van der Waals surface area (Å²) >= 11 is 0. The van der Waals surface area contributed by atoms with E-state index < -0.39 is 0 Å². The van der Waals surface area contributed by atoms with E-state index in [2.05, 4.69) is 20.6 Å². The maximum Gasteiger partial charge on any atom is 0.229 e. The summed E-state index contributed by atoms with van der Waals surface area (Å²) in [6, 6.07) is 13.1. The van der Waals surface area contributed by atoms with Gasteiger partial charge in [-0.05, 0) is 24.3 Å². The van der Waals surface area contributed by atoms with Crippen LogP contribution in [0.2, 0.25) is 0 Å². The van der Waals surface area contributed by atoms with Crippen molar-refractivity contribution in [2.75, 3.05) is 38.0 Å². The lowest BCUT2D eigenvalue weighted by Gasteiger charge is -2.14. The molecular weight excluding hydrogens is 356 g/mol. The van der Waals surface area contributed by atoms with E-state index in [0.717, 1.165) is 10.9 Å². The van der Waals surface area contributed by atoms with Crippen molar-refractivity contribution in [2.45, 2.75) is 0 Å². The molecule has 0 amide bonds. The Hall–Kier alpha value is -2.77. The Kier molecular flexibility index (Phi) is 6.82. The molecule has 0 saturated heterocycles. The van der Waals surface area contributed by atoms with Gasteiger partial charge in [0, 0.05) is 18.0 Å². The molecule has 1 heterocycles. The third-order valence-corrected chi connectivity index (χ3v) is 3.66. The van der Waals surface area contributed by atoms with Gasteiger partial charge in [-0.15, -0.1) is 12.4 Å². The number of hydrogen-bond donors (Lipinski definition) is 3. The number of halogens is 1. The molecule has 3 N–H and O–H groups in total. The van der Waals surface area contributed by atoms with E-state index >= 15 is 0 Å². The number of methoxy groups -OCH3 is 2. The molecule has 1 aromatic heterocycles. The quantitative estimate of drug-likeness (QED) is 0.583. The van der Waals surface area contributed by atoms with Gasteiger partial charge in [0.05, 0.1) is 32.0 Å². The van der Waals surface area contributed by atoms with Crippen molar-refractivity contribution < 1.29 is 14.6 Å². The predicted molar refractivity (Wildman–Crippen MR) is 105 cm³/mol. The number of para-hydroxylation sites is 1. The number of hydrogen-bond acceptors (Lipinski definition) is 7. The van der Waals surface area contributed by atoms with Crippen molar-refractivity contribution in [3.8, 4) is 11.5 Å². The zero-order valence-corrected chi connectivity index (χ0v) is 15.3. The topological polar surface area (TPSA) is 88.5 Å². The van der Waals surface area contributed by atoms with Gasteiger partial charge in [-0.3, -0.25) is 0 Å². The molecule has 0 spiro atoms. The summed E-state index contributed by atoms with van der Waals surface area (Å²) in [4.78, 5) is 9.07. The molecule has 0 aliphatic carbocycles. The highest BCUT2D eigenvalue weighted by Gasteiger charge is 2.10. The van der Waals surface area contributed by atoms with Crippen LogP contribution in [-0.4, -0.2) is 42.4 Å². The number of ether oxygens (including phenoxy) is 2. The number of benzene rings is 2. The Morgan fingerprint density at radius 2 is 1.85 bits per heavy atom. The highest BCUT2D eigenvalue weighted by molar-refractivity contribution is 5.90. The standard InChI is InChI=1S/C18H20N4O3.ClH/c1-24-12-7-8-16(25-2)15(11-12)21-18-20-14-6-4-3-5-13(14)17(22-18)19-9-10-23;/h3-8,11,23H,9-10H2,1-2H3,(H2,19,20,21,22);1H. The average Bonchev–Trinajstić information content (AvgIpc) is 2.66. The fourth-order valence-electron chi connectivity index (χ4n) is 2.47. The van der Waals surface area contributed by atoms with Crippen LogP contribution in [0.5, 0.6) is 11.5 Å². The molecule has 26 heavy (non-hydrogen) atoms. The molecule has 3 rings (SSSR count). The molecular formula is C18H21ClN4O3. The van der Waals surface area contributed by atoms with Crippen LogP contribution in [0.25, 0.3) is 10.9 Å². The van der Waals surface area contributed by atoms with E-state index in [0.29, 0.717) is 35.5 Å². The lowest BCUT2D eigenvalue weighted by Crippen LogP contribution is -2.09. The molecule has 2 aromatic carbocycles. The zero-order valence-electron chi connectivity index (χ0n) is 14.5. The number of rotatable bonds is 7. The molecule has 0 radical (unpaired) electrons. The minimum absolute atomic E-state index is 0. The first-order valence-corrected chi connectivity index (χ1v) is 7.85. The Labute approximate surface area is 157 Å². The molecule has 8 heteroatoms. The summed E-state index contributed by atoms with van der Waals surface area (Å²) in [5.41, 5.74) is 1.49. The summed E-state index contributed by atoms with van der Waals surface area (Å²) in [6.45, 7) is 0.424. The summed E-state index contributed by atoms with van der Waals surface area (Å²) < 4.78 is 10.6. The maximum absolute atomic E-state index is 9.08. The predicted octanol–water partition coefficient (Wildman–Crippen LogP) is 3.22. The summed E-state index contributed by atoms with van der Waals surface area (Å²) in [6.07, 6.45) is 0. The van der Waals surface area contributed by atoms with Crippen LogP contribution >= 0.6 is 12.4 Å². The van der Waals surface area contributed by atoms with E-state index in [1.165, 1.54) is 0 Å². The lowest BCUT2D eigenvalue weighted by atomic mass is 10.2. The van der Waals surface area contributed by atoms with E-state index in [1.807, 2.05) is 42.5 Å². The van der Waals surface area contributed by atoms with Crippen LogP contribution < -0.4 is 20.1 Å². The van der Waals surface area contributed by atoms with Crippen LogP contribution in [0.15, 0.2) is 42.5 Å². The number of aliphatic hydroxyl groups is 1. The second-order valence-electron chi connectivity index (χ2n) is 5.25. The molecule has 0 unspecified atom stereocenters. The van der Waals surface area contributed by atoms with E-state index in [4.69, 9.17) is 14.6 Å². The number of anilines is 3. The SMILES string of the molecule is COc1ccc(OC)c(Nc2nc(NCCO)c3ccccc3n2)c1.Cl. The van der Waals surface area contributed by atoms with Gasteiger partial charge in [-0.2, -0.15) is 4.98 Å². The summed E-state index contributed by atoms with van der Waals surface area (Å²) in [5.74, 6) is 2.43. The minimum atomic E-state index is 0. The van der Waals surface area contributed by atoms with Gasteiger partial charge in [0.1, 0.15) is 17.3 Å². The van der Waals surface area contributed by atoms with Crippen molar-refractivity contribution in [3.63, 3.8) is 0 Å². The van der Waals surface area contributed by atoms with Gasteiger partial charge in [-0.25, -0.2) is 4.98 Å². The van der Waals surface area contributed by atoms with Crippen molar-refractivity contribution in [1.29, 1.82) is 0 Å². The minimum Gasteiger partial charge on any atom is -0.497 e. The van der Waals surface area contributed by atoms with Crippen molar-refractivity contribution >= 4 is 40.8 Å². The third-order valence-electron chi connectivity index (χ3n) is 3.66. The first kappa shape index (κ1) is 19.6. The normalized spacial score (nSPS) is 10.1. The largest absolute Gasteiger partial charge is 0.497 e. The van der Waals surface area contributed by atoms with Gasteiger partial charge in [0.2, 0.25) is 5.95 Å². The second kappa shape index (κ2) is 9.07. The first-order valence-electron chi connectivity index (χ1n) is 7.85. The third kappa shape index (κ3) is 4.25. The molecule has 7 nitrogen and oxygen atoms in total. The van der Waals surface area contributed by atoms with E-state index in [1.54, 1.807) is 14.2 Å². The molecule has 0 bridgehead atoms. The zero-order chi connectivity index (χ0) is 17.6. The number of aromatic nitrogens is 2. The molecule has 0 aliphatic rings. The Bertz CT molecular complexity index is 876. The molecule has 0 fully saturated rings. The fraction of sp³-hybridized carbons (Fsp3) is 0.222. The summed E-state index contributed by atoms with van der Waals surface area (Å²) in [5, 5.41) is 16.3. The monoisotopic (exact) mass is 376 g/mol. The maximum atomic E-state index is 9.08. The van der Waals surface area contributed by atoms with Crippen LogP contribution in [-0.2, 0) is 0 Å². The van der Waals surface area contributed by atoms with Crippen molar-refractivity contribution in [1.82, 2.24) is 9.97 Å². The smallest absolute Gasteiger partial charge is 0.229 e. The van der Waals surface area contributed by atoms with E-state index in [-0.39, 0.29) is 19.0 Å². The van der Waals surface area contributed by atoms with Crippen molar-refractivity contribution in [3.05, 3.63) is 42.5 Å². The van der Waals surface area contributed by atoms with Gasteiger partial charge in [0.25, 0.3) is 0 Å². The molecule has 0 aliphatic heterocycles. The van der Waals surface area contributed by atoms with Crippen LogP contribution in [0, 0.1) is 0 Å². The highest BCUT2D eigenvalue weighted by Crippen LogP contribution is 2.31. The van der Waals surface area contributed by atoms with Crippen LogP contribution in [0.3, 0.4) is 0 Å². The number of nitrogens with one attached hydrogen (secondary N) is 2. The molecule has 138 valence electrons. The van der Waals surface area contributed by atoms with Crippen LogP contribution in [0.1, 0.15) is 0 Å². The summed E-state index contributed by atoms with van der Waals surface area (Å²) in [7, 11) is 3.21. The van der Waals surface area contributed by atoms with Gasteiger partial charge >= 0.3 is 0 Å². The Balaban J connectivity index is 0.00000243. The number of nitrogens with zero attached hydrogens (tertiary/aromatic N) is 2. The van der Waals surface area contributed by atoms with Gasteiger partial charge in [0.15, 0.2) is 0 Å². The molecule has 0 saturated carbocycles. The van der Waals surface area contributed by atoms with Crippen LogP contribution in [0.4, 0.5) is 17.5 Å². The van der Waals surface area contributed by atoms with Crippen molar-refractivity contribution in [2.24, 2.45) is 0 Å². The molecule has 0 atom stereocenters. The molecule has 3 aromatic rings. The fourth-order valence-corrected chi connectivity index (χ4v) is 2.47. The van der Waals surface area contributed by atoms with Gasteiger partial charge in [-0.1, -0.05) is 12.1 Å². The Morgan fingerprint density at radius 1 is 1.04 bits per heavy atom. The number of aliphatic hydroxyl groups excluding tert-OH is 1. The van der Waals surface area contributed by atoms with Gasteiger partial charge < -0.3 is 25.2 Å².